The summed E-state index contributed by atoms with van der Waals surface area (Å²) in [5.41, 5.74) is 3.88. The SMILES string of the molecule is Cc1ccc2nc(-c3ccc(N4C(=O)C[C@H]([NH2+]C5CCCCCCC5)C4=O)cc3)sc2c1. The third-order valence-corrected chi connectivity index (χ3v) is 7.82. The number of benzene rings is 2. The number of fused-ring (bicyclic) bond motifs is 1. The number of rotatable bonds is 4. The van der Waals surface area contributed by atoms with Gasteiger partial charge in [-0.2, -0.15) is 0 Å². The van der Waals surface area contributed by atoms with Crippen molar-refractivity contribution in [2.75, 3.05) is 4.90 Å². The maximum atomic E-state index is 13.1. The second kappa shape index (κ2) is 9.12. The minimum Gasteiger partial charge on any atom is -0.333 e. The van der Waals surface area contributed by atoms with Crippen LogP contribution in [0.5, 0.6) is 0 Å². The van der Waals surface area contributed by atoms with Gasteiger partial charge in [0.25, 0.3) is 5.91 Å². The largest absolute Gasteiger partial charge is 0.333 e. The monoisotopic (exact) mass is 448 g/mol. The molecule has 1 aliphatic carbocycles. The number of aryl methyl sites for hydroxylation is 1. The molecular formula is C26H30N3O2S+. The highest BCUT2D eigenvalue weighted by Gasteiger charge is 2.43. The molecule has 0 unspecified atom stereocenters. The number of hydrogen-bond donors (Lipinski definition) is 1. The van der Waals surface area contributed by atoms with Gasteiger partial charge in [0.1, 0.15) is 5.01 Å². The van der Waals surface area contributed by atoms with E-state index < -0.39 is 0 Å². The van der Waals surface area contributed by atoms with E-state index in [1.807, 2.05) is 30.3 Å². The molecule has 2 N–H and O–H groups in total. The van der Waals surface area contributed by atoms with Crippen molar-refractivity contribution in [1.82, 2.24) is 4.98 Å². The smallest absolute Gasteiger partial charge is 0.292 e. The molecule has 5 rings (SSSR count). The number of carbonyl (C=O) groups is 2. The van der Waals surface area contributed by atoms with Gasteiger partial charge in [0.15, 0.2) is 6.04 Å². The topological polar surface area (TPSA) is 66.9 Å². The van der Waals surface area contributed by atoms with E-state index in [9.17, 15) is 9.59 Å². The van der Waals surface area contributed by atoms with Gasteiger partial charge < -0.3 is 5.32 Å². The van der Waals surface area contributed by atoms with Crippen molar-refractivity contribution in [1.29, 1.82) is 0 Å². The fourth-order valence-corrected chi connectivity index (χ4v) is 6.06. The Morgan fingerprint density at radius 2 is 1.69 bits per heavy atom. The van der Waals surface area contributed by atoms with Crippen LogP contribution in [0.25, 0.3) is 20.8 Å². The minimum absolute atomic E-state index is 0.0692. The number of carbonyl (C=O) groups excluding carboxylic acids is 2. The number of nitrogens with zero attached hydrogens (tertiary/aromatic N) is 2. The summed E-state index contributed by atoms with van der Waals surface area (Å²) in [6.07, 6.45) is 8.95. The van der Waals surface area contributed by atoms with Crippen molar-refractivity contribution < 1.29 is 14.9 Å². The van der Waals surface area contributed by atoms with Gasteiger partial charge in [-0.3, -0.25) is 9.59 Å². The molecule has 0 spiro atoms. The molecule has 6 heteroatoms. The summed E-state index contributed by atoms with van der Waals surface area (Å²) in [6.45, 7) is 2.08. The van der Waals surface area contributed by atoms with Crippen LogP contribution in [-0.2, 0) is 9.59 Å². The van der Waals surface area contributed by atoms with Crippen LogP contribution >= 0.6 is 11.3 Å². The zero-order chi connectivity index (χ0) is 22.1. The standard InChI is InChI=1S/C26H29N3O2S/c1-17-9-14-21-23(15-17)32-25(28-21)18-10-12-20(13-11-18)29-24(30)16-22(26(29)31)27-19-7-5-3-2-4-6-8-19/h9-15,19,22,27H,2-8,16H2,1H3/p+1/t22-/m0/s1. The Kier molecular flexibility index (Phi) is 6.07. The molecule has 1 atom stereocenters. The Bertz CT molecular complexity index is 1130. The van der Waals surface area contributed by atoms with E-state index in [4.69, 9.17) is 4.98 Å². The number of nitrogens with two attached hydrogens (primary N) is 1. The van der Waals surface area contributed by atoms with Gasteiger partial charge in [-0.25, -0.2) is 9.88 Å². The quantitative estimate of drug-likeness (QED) is 0.594. The van der Waals surface area contributed by atoms with Crippen molar-refractivity contribution >= 4 is 39.1 Å². The molecule has 1 saturated carbocycles. The molecule has 2 amide bonds. The van der Waals surface area contributed by atoms with Crippen molar-refractivity contribution in [3.8, 4) is 10.6 Å². The van der Waals surface area contributed by atoms with Crippen LogP contribution in [0.4, 0.5) is 5.69 Å². The maximum absolute atomic E-state index is 13.1. The number of amides is 2. The first-order valence-corrected chi connectivity index (χ1v) is 12.6. The van der Waals surface area contributed by atoms with Crippen molar-refractivity contribution in [2.45, 2.75) is 70.4 Å². The fourth-order valence-electron chi connectivity index (χ4n) is 4.99. The van der Waals surface area contributed by atoms with Crippen LogP contribution in [0.1, 0.15) is 56.9 Å². The number of anilines is 1. The highest BCUT2D eigenvalue weighted by atomic mass is 32.1. The van der Waals surface area contributed by atoms with Crippen LogP contribution in [0, 0.1) is 6.92 Å². The van der Waals surface area contributed by atoms with Crippen LogP contribution in [0.2, 0.25) is 0 Å². The van der Waals surface area contributed by atoms with Crippen LogP contribution in [0.3, 0.4) is 0 Å². The lowest BCUT2D eigenvalue weighted by Crippen LogP contribution is -2.96. The molecule has 1 saturated heterocycles. The fraction of sp³-hybridized carbons (Fsp3) is 0.423. The van der Waals surface area contributed by atoms with Crippen molar-refractivity contribution in [3.63, 3.8) is 0 Å². The van der Waals surface area contributed by atoms with Gasteiger partial charge >= 0.3 is 0 Å². The Hall–Kier alpha value is -2.57. The number of thiazole rings is 1. The Morgan fingerprint density at radius 1 is 0.969 bits per heavy atom. The van der Waals surface area contributed by atoms with Crippen molar-refractivity contribution in [3.05, 3.63) is 48.0 Å². The lowest BCUT2D eigenvalue weighted by molar-refractivity contribution is -0.709. The molecule has 5 nitrogen and oxygen atoms in total. The van der Waals surface area contributed by atoms with Gasteiger partial charge in [0.2, 0.25) is 5.91 Å². The first-order chi connectivity index (χ1) is 15.6. The van der Waals surface area contributed by atoms with E-state index in [2.05, 4.69) is 24.4 Å². The first kappa shape index (κ1) is 21.3. The average Bonchev–Trinajstić information content (AvgIpc) is 3.30. The number of imide groups is 1. The summed E-state index contributed by atoms with van der Waals surface area (Å²) in [4.78, 5) is 32.0. The van der Waals surface area contributed by atoms with Crippen LogP contribution in [-0.4, -0.2) is 28.9 Å². The molecule has 3 aromatic rings. The highest BCUT2D eigenvalue weighted by molar-refractivity contribution is 7.21. The van der Waals surface area contributed by atoms with Gasteiger partial charge in [-0.05, 0) is 74.6 Å². The molecular weight excluding hydrogens is 418 g/mol. The number of hydrogen-bond acceptors (Lipinski definition) is 4. The van der Waals surface area contributed by atoms with Gasteiger partial charge in [0, 0.05) is 5.56 Å². The zero-order valence-corrected chi connectivity index (χ0v) is 19.4. The van der Waals surface area contributed by atoms with Gasteiger partial charge in [-0.1, -0.05) is 25.3 Å². The van der Waals surface area contributed by atoms with Gasteiger partial charge in [-0.15, -0.1) is 11.3 Å². The molecule has 2 fully saturated rings. The van der Waals surface area contributed by atoms with Crippen molar-refractivity contribution in [2.24, 2.45) is 0 Å². The van der Waals surface area contributed by atoms with Gasteiger partial charge in [0.05, 0.1) is 28.4 Å². The summed E-state index contributed by atoms with van der Waals surface area (Å²) in [6, 6.07) is 14.1. The predicted molar refractivity (Wildman–Crippen MR) is 129 cm³/mol. The van der Waals surface area contributed by atoms with E-state index in [0.717, 1.165) is 28.9 Å². The third kappa shape index (κ3) is 4.34. The number of quaternary nitrogens is 1. The molecule has 2 aliphatic rings. The zero-order valence-electron chi connectivity index (χ0n) is 18.5. The van der Waals surface area contributed by atoms with E-state index in [0.29, 0.717) is 18.2 Å². The summed E-state index contributed by atoms with van der Waals surface area (Å²) < 4.78 is 1.17. The average molecular weight is 449 g/mol. The number of aromatic nitrogens is 1. The lowest BCUT2D eigenvalue weighted by atomic mass is 9.96. The molecule has 0 radical (unpaired) electrons. The molecule has 1 aliphatic heterocycles. The second-order valence-corrected chi connectivity index (χ2v) is 10.2. The van der Waals surface area contributed by atoms with E-state index in [1.165, 1.54) is 47.3 Å². The Labute approximate surface area is 192 Å². The summed E-state index contributed by atoms with van der Waals surface area (Å²) in [5.74, 6) is -0.162. The van der Waals surface area contributed by atoms with Crippen LogP contribution in [0.15, 0.2) is 42.5 Å². The third-order valence-electron chi connectivity index (χ3n) is 6.75. The molecule has 1 aromatic heterocycles. The normalized spacial score (nSPS) is 20.7. The maximum Gasteiger partial charge on any atom is 0.292 e. The lowest BCUT2D eigenvalue weighted by Gasteiger charge is -2.21. The van der Waals surface area contributed by atoms with Crippen LogP contribution < -0.4 is 10.2 Å². The Morgan fingerprint density at radius 3 is 2.44 bits per heavy atom. The second-order valence-electron chi connectivity index (χ2n) is 9.21. The van der Waals surface area contributed by atoms with E-state index in [-0.39, 0.29) is 17.9 Å². The summed E-state index contributed by atoms with van der Waals surface area (Å²) >= 11 is 1.66. The molecule has 32 heavy (non-hydrogen) atoms. The molecule has 2 heterocycles. The first-order valence-electron chi connectivity index (χ1n) is 11.8. The predicted octanol–water partition coefficient (Wildman–Crippen LogP) is 4.58. The summed E-state index contributed by atoms with van der Waals surface area (Å²) in [7, 11) is 0. The van der Waals surface area contributed by atoms with E-state index >= 15 is 0 Å². The minimum atomic E-state index is -0.279. The highest BCUT2D eigenvalue weighted by Crippen LogP contribution is 2.32. The molecule has 0 bridgehead atoms. The molecule has 2 aromatic carbocycles. The van der Waals surface area contributed by atoms with E-state index in [1.54, 1.807) is 11.3 Å². The molecule has 166 valence electrons. The summed E-state index contributed by atoms with van der Waals surface area (Å²) in [5, 5.41) is 3.13. The Balaban J connectivity index is 1.30.